The van der Waals surface area contributed by atoms with Gasteiger partial charge in [0, 0.05) is 23.8 Å². The first-order valence-corrected chi connectivity index (χ1v) is 12.4. The largest absolute Gasteiger partial charge is 0.277 e. The van der Waals surface area contributed by atoms with Crippen molar-refractivity contribution in [3.63, 3.8) is 0 Å². The lowest BCUT2D eigenvalue weighted by Gasteiger charge is -2.55. The van der Waals surface area contributed by atoms with Crippen molar-refractivity contribution < 1.29 is 4.79 Å². The third kappa shape index (κ3) is 3.14. The molecule has 0 radical (unpaired) electrons. The number of hydrogen-bond donors (Lipinski definition) is 0. The number of anilines is 1. The third-order valence-electron chi connectivity index (χ3n) is 8.42. The van der Waals surface area contributed by atoms with Crippen LogP contribution in [0.15, 0.2) is 0 Å². The molecule has 2 unspecified atom stereocenters. The molecule has 1 aromatic rings. The van der Waals surface area contributed by atoms with Gasteiger partial charge in [0.15, 0.2) is 5.82 Å². The molecule has 5 heteroatoms. The van der Waals surface area contributed by atoms with Gasteiger partial charge in [0.1, 0.15) is 0 Å². The van der Waals surface area contributed by atoms with Gasteiger partial charge in [-0.2, -0.15) is 10.1 Å². The first-order chi connectivity index (χ1) is 14.1. The first kappa shape index (κ1) is 19.6. The van der Waals surface area contributed by atoms with Gasteiger partial charge in [0.2, 0.25) is 11.9 Å². The monoisotopic (exact) mass is 398 g/mol. The minimum atomic E-state index is 0.0994. The van der Waals surface area contributed by atoms with Crippen LogP contribution in [-0.2, 0) is 10.3 Å². The quantitative estimate of drug-likeness (QED) is 0.656. The van der Waals surface area contributed by atoms with Crippen LogP contribution in [0.4, 0.5) is 5.95 Å². The zero-order valence-corrected chi connectivity index (χ0v) is 18.4. The predicted molar refractivity (Wildman–Crippen MR) is 115 cm³/mol. The fourth-order valence-corrected chi connectivity index (χ4v) is 6.93. The number of aromatic nitrogens is 3. The highest BCUT2D eigenvalue weighted by atomic mass is 16.2. The second-order valence-corrected chi connectivity index (χ2v) is 10.5. The Kier molecular flexibility index (Phi) is 5.19. The van der Waals surface area contributed by atoms with Crippen molar-refractivity contribution in [3.05, 3.63) is 5.82 Å². The lowest BCUT2D eigenvalue weighted by atomic mass is 9.64. The van der Waals surface area contributed by atoms with Gasteiger partial charge in [0.05, 0.1) is 5.54 Å². The van der Waals surface area contributed by atoms with Crippen molar-refractivity contribution in [3.8, 4) is 0 Å². The minimum absolute atomic E-state index is 0.0994. The average Bonchev–Trinajstić information content (AvgIpc) is 3.22. The van der Waals surface area contributed by atoms with Gasteiger partial charge < -0.3 is 0 Å². The van der Waals surface area contributed by atoms with Crippen LogP contribution in [0, 0.1) is 11.8 Å². The Morgan fingerprint density at radius 2 is 1.59 bits per heavy atom. The summed E-state index contributed by atoms with van der Waals surface area (Å²) in [6.07, 6.45) is 17.1. The van der Waals surface area contributed by atoms with E-state index in [2.05, 4.69) is 23.4 Å². The number of nitrogens with zero attached hydrogens (tertiary/aromatic N) is 4. The van der Waals surface area contributed by atoms with Crippen LogP contribution in [0.2, 0.25) is 0 Å². The molecule has 5 nitrogen and oxygen atoms in total. The summed E-state index contributed by atoms with van der Waals surface area (Å²) in [4.78, 5) is 21.1. The van der Waals surface area contributed by atoms with Crippen molar-refractivity contribution in [2.45, 2.75) is 121 Å². The van der Waals surface area contributed by atoms with E-state index < -0.39 is 0 Å². The summed E-state index contributed by atoms with van der Waals surface area (Å²) < 4.78 is 2.29. The Hall–Kier alpha value is -1.39. The van der Waals surface area contributed by atoms with E-state index in [-0.39, 0.29) is 11.5 Å². The van der Waals surface area contributed by atoms with Crippen molar-refractivity contribution in [2.24, 2.45) is 11.8 Å². The maximum Gasteiger partial charge on any atom is 0.232 e. The minimum Gasteiger partial charge on any atom is -0.277 e. The van der Waals surface area contributed by atoms with E-state index in [0.717, 1.165) is 31.0 Å². The Bertz CT molecular complexity index is 742. The zero-order valence-electron chi connectivity index (χ0n) is 18.4. The van der Waals surface area contributed by atoms with Crippen LogP contribution in [-0.4, -0.2) is 26.7 Å². The molecule has 5 rings (SSSR count). The summed E-state index contributed by atoms with van der Waals surface area (Å²) in [5, 5.41) is 5.11. The summed E-state index contributed by atoms with van der Waals surface area (Å²) in [5.41, 5.74) is 0.0994. The van der Waals surface area contributed by atoms with Crippen LogP contribution in [0.5, 0.6) is 0 Å². The summed E-state index contributed by atoms with van der Waals surface area (Å²) in [7, 11) is 0. The normalized spacial score (nSPS) is 29.7. The number of rotatable bonds is 2. The number of carbonyl (C=O) groups is 1. The second kappa shape index (κ2) is 7.70. The SMILES string of the molecule is CC(C)c1nc2n(n1)C1(CCCCC1)C1CCCCC1N2C(=O)C1CCCCC1. The molecule has 3 fully saturated rings. The van der Waals surface area contributed by atoms with Gasteiger partial charge in [-0.15, -0.1) is 0 Å². The van der Waals surface area contributed by atoms with E-state index in [1.807, 2.05) is 0 Å². The highest BCUT2D eigenvalue weighted by Gasteiger charge is 2.55. The van der Waals surface area contributed by atoms with Gasteiger partial charge in [-0.1, -0.05) is 65.2 Å². The zero-order chi connectivity index (χ0) is 20.0. The summed E-state index contributed by atoms with van der Waals surface area (Å²) >= 11 is 0. The molecule has 29 heavy (non-hydrogen) atoms. The van der Waals surface area contributed by atoms with Crippen molar-refractivity contribution in [2.75, 3.05) is 4.90 Å². The maximum absolute atomic E-state index is 13.9. The van der Waals surface area contributed by atoms with E-state index in [9.17, 15) is 4.79 Å². The van der Waals surface area contributed by atoms with E-state index in [1.165, 1.54) is 70.6 Å². The van der Waals surface area contributed by atoms with Crippen molar-refractivity contribution in [1.82, 2.24) is 14.8 Å². The van der Waals surface area contributed by atoms with Crippen LogP contribution >= 0.6 is 0 Å². The summed E-state index contributed by atoms with van der Waals surface area (Å²) in [6.45, 7) is 4.35. The summed E-state index contributed by atoms with van der Waals surface area (Å²) in [5.74, 6) is 3.22. The molecule has 1 aromatic heterocycles. The molecule has 160 valence electrons. The van der Waals surface area contributed by atoms with E-state index >= 15 is 0 Å². The van der Waals surface area contributed by atoms with E-state index in [0.29, 0.717) is 23.8 Å². The molecular formula is C24H38N4O. The number of fused-ring (bicyclic) bond motifs is 4. The molecule has 0 N–H and O–H groups in total. The Morgan fingerprint density at radius 3 is 2.31 bits per heavy atom. The second-order valence-electron chi connectivity index (χ2n) is 10.5. The van der Waals surface area contributed by atoms with Crippen molar-refractivity contribution >= 4 is 11.9 Å². The van der Waals surface area contributed by atoms with Crippen molar-refractivity contribution in [1.29, 1.82) is 0 Å². The highest BCUT2D eigenvalue weighted by Crippen LogP contribution is 2.53. The maximum atomic E-state index is 13.9. The number of amides is 1. The molecule has 1 amide bonds. The average molecular weight is 399 g/mol. The Morgan fingerprint density at radius 1 is 0.931 bits per heavy atom. The lowest BCUT2D eigenvalue weighted by molar-refractivity contribution is -0.125. The smallest absolute Gasteiger partial charge is 0.232 e. The molecule has 0 aromatic carbocycles. The number of carbonyl (C=O) groups excluding carboxylic acids is 1. The van der Waals surface area contributed by atoms with Crippen LogP contribution in [0.1, 0.15) is 115 Å². The summed E-state index contributed by atoms with van der Waals surface area (Å²) in [6, 6.07) is 0.341. The van der Waals surface area contributed by atoms with Crippen LogP contribution in [0.3, 0.4) is 0 Å². The fraction of sp³-hybridized carbons (Fsp3) is 0.875. The molecule has 1 spiro atoms. The molecule has 2 heterocycles. The Balaban J connectivity index is 1.62. The first-order valence-electron chi connectivity index (χ1n) is 12.4. The third-order valence-corrected chi connectivity index (χ3v) is 8.42. The van der Waals surface area contributed by atoms with Gasteiger partial charge in [-0.05, 0) is 38.5 Å². The molecule has 3 aliphatic carbocycles. The lowest BCUT2D eigenvalue weighted by Crippen LogP contribution is -2.62. The molecule has 0 saturated heterocycles. The van der Waals surface area contributed by atoms with Gasteiger partial charge in [0.25, 0.3) is 0 Å². The topological polar surface area (TPSA) is 51.0 Å². The van der Waals surface area contributed by atoms with Crippen LogP contribution < -0.4 is 4.90 Å². The number of hydrogen-bond acceptors (Lipinski definition) is 3. The molecule has 2 atom stereocenters. The highest BCUT2D eigenvalue weighted by molar-refractivity contribution is 5.94. The Labute approximate surface area is 175 Å². The van der Waals surface area contributed by atoms with Gasteiger partial charge in [-0.25, -0.2) is 4.68 Å². The molecule has 4 aliphatic rings. The predicted octanol–water partition coefficient (Wildman–Crippen LogP) is 5.55. The fourth-order valence-electron chi connectivity index (χ4n) is 6.93. The molecule has 1 aliphatic heterocycles. The van der Waals surface area contributed by atoms with Gasteiger partial charge >= 0.3 is 0 Å². The van der Waals surface area contributed by atoms with E-state index in [4.69, 9.17) is 10.1 Å². The van der Waals surface area contributed by atoms with Gasteiger partial charge in [-0.3, -0.25) is 9.69 Å². The standard InChI is InChI=1S/C24H38N4O/c1-17(2)21-25-23-27(22(29)18-11-5-3-6-12-18)20-14-8-7-13-19(20)24(28(23)26-21)15-9-4-10-16-24/h17-20H,3-16H2,1-2H3. The molecular weight excluding hydrogens is 360 g/mol. The van der Waals surface area contributed by atoms with Crippen LogP contribution in [0.25, 0.3) is 0 Å². The molecule has 0 bridgehead atoms. The van der Waals surface area contributed by atoms with E-state index in [1.54, 1.807) is 0 Å². The molecule has 3 saturated carbocycles.